The number of amides is 3. The Kier molecular flexibility index (Phi) is 9.50. The number of hydrogen-bond acceptors (Lipinski definition) is 4. The Morgan fingerprint density at radius 1 is 0.723 bits per heavy atom. The van der Waals surface area contributed by atoms with Gasteiger partial charge in [-0.15, -0.1) is 11.8 Å². The van der Waals surface area contributed by atoms with Crippen LogP contribution in [0.4, 0.5) is 11.4 Å². The lowest BCUT2D eigenvalue weighted by molar-refractivity contribution is -0.114. The SMILES string of the molecule is CCn1c2ccccc2c2cc(NC(=O)CSc3cccc(NC(=O)/C(=C/c4ccc(C)cc4)NC(=O)c4ccccc4)c3)ccc21. The predicted octanol–water partition coefficient (Wildman–Crippen LogP) is 8.26. The third kappa shape index (κ3) is 7.45. The molecule has 0 radical (unpaired) electrons. The first-order valence-electron chi connectivity index (χ1n) is 15.4. The number of thioether (sulfide) groups is 1. The van der Waals surface area contributed by atoms with Crippen molar-refractivity contribution in [3.05, 3.63) is 144 Å². The molecule has 0 aliphatic carbocycles. The minimum Gasteiger partial charge on any atom is -0.341 e. The molecule has 0 unspecified atom stereocenters. The number of hydrogen-bond donors (Lipinski definition) is 3. The maximum atomic E-state index is 13.5. The van der Waals surface area contributed by atoms with Gasteiger partial charge < -0.3 is 20.5 Å². The largest absolute Gasteiger partial charge is 0.341 e. The summed E-state index contributed by atoms with van der Waals surface area (Å²) < 4.78 is 2.27. The Balaban J connectivity index is 1.12. The maximum absolute atomic E-state index is 13.5. The van der Waals surface area contributed by atoms with E-state index in [1.54, 1.807) is 36.4 Å². The van der Waals surface area contributed by atoms with Crippen molar-refractivity contribution in [1.29, 1.82) is 0 Å². The zero-order valence-corrected chi connectivity index (χ0v) is 26.9. The second-order valence-corrected chi connectivity index (χ2v) is 12.1. The topological polar surface area (TPSA) is 92.2 Å². The van der Waals surface area contributed by atoms with Crippen LogP contribution in [0, 0.1) is 6.92 Å². The van der Waals surface area contributed by atoms with Crippen LogP contribution in [-0.2, 0) is 16.1 Å². The van der Waals surface area contributed by atoms with Crippen molar-refractivity contribution in [2.75, 3.05) is 16.4 Å². The van der Waals surface area contributed by atoms with Crippen molar-refractivity contribution in [1.82, 2.24) is 9.88 Å². The average Bonchev–Trinajstić information content (AvgIpc) is 3.41. The molecule has 0 bridgehead atoms. The van der Waals surface area contributed by atoms with Gasteiger partial charge >= 0.3 is 0 Å². The van der Waals surface area contributed by atoms with Crippen LogP contribution in [0.15, 0.2) is 132 Å². The third-order valence-corrected chi connectivity index (χ3v) is 8.75. The van der Waals surface area contributed by atoms with E-state index in [9.17, 15) is 14.4 Å². The zero-order valence-electron chi connectivity index (χ0n) is 26.1. The number of nitrogens with one attached hydrogen (secondary N) is 3. The second-order valence-electron chi connectivity index (χ2n) is 11.1. The predicted molar refractivity (Wildman–Crippen MR) is 193 cm³/mol. The number of carbonyl (C=O) groups is 3. The van der Waals surface area contributed by atoms with E-state index in [0.29, 0.717) is 11.3 Å². The quantitative estimate of drug-likeness (QED) is 0.104. The number of para-hydroxylation sites is 1. The monoisotopic (exact) mass is 638 g/mol. The first-order chi connectivity index (χ1) is 22.9. The van der Waals surface area contributed by atoms with Gasteiger partial charge in [-0.25, -0.2) is 0 Å². The summed E-state index contributed by atoms with van der Waals surface area (Å²) in [6.07, 6.45) is 1.65. The highest BCUT2D eigenvalue weighted by Gasteiger charge is 2.16. The molecular weight excluding hydrogens is 605 g/mol. The Hall–Kier alpha value is -5.60. The summed E-state index contributed by atoms with van der Waals surface area (Å²) in [6, 6.07) is 38.0. The van der Waals surface area contributed by atoms with Gasteiger partial charge in [0.1, 0.15) is 5.70 Å². The molecule has 6 rings (SSSR count). The fraction of sp³-hybridized carbons (Fsp3) is 0.103. The number of fused-ring (bicyclic) bond motifs is 3. The second kappa shape index (κ2) is 14.2. The van der Waals surface area contributed by atoms with Crippen molar-refractivity contribution < 1.29 is 14.4 Å². The van der Waals surface area contributed by atoms with Gasteiger partial charge in [0.15, 0.2) is 0 Å². The lowest BCUT2D eigenvalue weighted by atomic mass is 10.1. The van der Waals surface area contributed by atoms with E-state index in [-0.39, 0.29) is 23.3 Å². The molecule has 3 amide bonds. The molecule has 0 fully saturated rings. The van der Waals surface area contributed by atoms with Gasteiger partial charge in [0.2, 0.25) is 5.91 Å². The van der Waals surface area contributed by atoms with Crippen LogP contribution in [0.5, 0.6) is 0 Å². The van der Waals surface area contributed by atoms with E-state index in [0.717, 1.165) is 44.5 Å². The number of carbonyl (C=O) groups excluding carboxylic acids is 3. The molecule has 0 aliphatic rings. The van der Waals surface area contributed by atoms with E-state index in [1.807, 2.05) is 79.7 Å². The van der Waals surface area contributed by atoms with Crippen molar-refractivity contribution in [2.45, 2.75) is 25.3 Å². The van der Waals surface area contributed by atoms with Crippen LogP contribution in [0.2, 0.25) is 0 Å². The number of nitrogens with zero attached hydrogens (tertiary/aromatic N) is 1. The number of aryl methyl sites for hydroxylation is 2. The summed E-state index contributed by atoms with van der Waals surface area (Å²) in [7, 11) is 0. The van der Waals surface area contributed by atoms with Gasteiger partial charge in [0, 0.05) is 50.2 Å². The first kappa shape index (κ1) is 31.4. The molecule has 234 valence electrons. The fourth-order valence-electron chi connectivity index (χ4n) is 5.45. The zero-order chi connectivity index (χ0) is 32.8. The van der Waals surface area contributed by atoms with Crippen molar-refractivity contribution in [3.63, 3.8) is 0 Å². The molecule has 8 heteroatoms. The highest BCUT2D eigenvalue weighted by molar-refractivity contribution is 8.00. The van der Waals surface area contributed by atoms with Crippen molar-refractivity contribution in [2.24, 2.45) is 0 Å². The number of anilines is 2. The van der Waals surface area contributed by atoms with Gasteiger partial charge in [0.25, 0.3) is 11.8 Å². The molecule has 0 saturated heterocycles. The van der Waals surface area contributed by atoms with E-state index >= 15 is 0 Å². The van der Waals surface area contributed by atoms with Gasteiger partial charge in [-0.05, 0) is 80.1 Å². The van der Waals surface area contributed by atoms with E-state index < -0.39 is 5.91 Å². The smallest absolute Gasteiger partial charge is 0.272 e. The Morgan fingerprint density at radius 2 is 1.45 bits per heavy atom. The highest BCUT2D eigenvalue weighted by atomic mass is 32.2. The van der Waals surface area contributed by atoms with E-state index in [1.165, 1.54) is 17.3 Å². The Bertz CT molecular complexity index is 2120. The van der Waals surface area contributed by atoms with Crippen molar-refractivity contribution in [3.8, 4) is 0 Å². The van der Waals surface area contributed by atoms with Crippen LogP contribution >= 0.6 is 11.8 Å². The van der Waals surface area contributed by atoms with Gasteiger partial charge in [-0.2, -0.15) is 0 Å². The van der Waals surface area contributed by atoms with Gasteiger partial charge in [-0.1, -0.05) is 72.3 Å². The lowest BCUT2D eigenvalue weighted by Crippen LogP contribution is -2.30. The molecule has 1 aromatic heterocycles. The first-order valence-corrected chi connectivity index (χ1v) is 16.4. The highest BCUT2D eigenvalue weighted by Crippen LogP contribution is 2.31. The van der Waals surface area contributed by atoms with Crippen LogP contribution in [0.3, 0.4) is 0 Å². The van der Waals surface area contributed by atoms with Crippen molar-refractivity contribution >= 4 is 68.7 Å². The summed E-state index contributed by atoms with van der Waals surface area (Å²) in [5, 5.41) is 11.0. The standard InChI is InChI=1S/C39H34N4O3S/c1-3-43-35-15-8-7-14-32(35)33-24-30(20-21-36(33)43)40-37(44)25-47-31-13-9-12-29(23-31)41-39(46)34(22-27-18-16-26(2)17-19-27)42-38(45)28-10-5-4-6-11-28/h4-24H,3,25H2,1-2H3,(H,40,44)(H,41,46)(H,42,45)/b34-22-. The molecule has 1 heterocycles. The summed E-state index contributed by atoms with van der Waals surface area (Å²) >= 11 is 1.37. The van der Waals surface area contributed by atoms with Gasteiger partial charge in [-0.3, -0.25) is 14.4 Å². The number of aromatic nitrogens is 1. The molecule has 0 atom stereocenters. The molecular formula is C39H34N4O3S. The van der Waals surface area contributed by atoms with E-state index in [4.69, 9.17) is 0 Å². The number of rotatable bonds is 10. The molecule has 0 aliphatic heterocycles. The minimum absolute atomic E-state index is 0.110. The van der Waals surface area contributed by atoms with Crippen LogP contribution in [0.25, 0.3) is 27.9 Å². The fourth-order valence-corrected chi connectivity index (χ4v) is 6.21. The summed E-state index contributed by atoms with van der Waals surface area (Å²) in [5.41, 5.74) is 6.02. The molecule has 7 nitrogen and oxygen atoms in total. The van der Waals surface area contributed by atoms with Gasteiger partial charge in [0.05, 0.1) is 5.75 Å². The molecule has 3 N–H and O–H groups in total. The summed E-state index contributed by atoms with van der Waals surface area (Å²) in [4.78, 5) is 40.2. The lowest BCUT2D eigenvalue weighted by Gasteiger charge is -2.12. The molecule has 6 aromatic rings. The summed E-state index contributed by atoms with van der Waals surface area (Å²) in [5.74, 6) is -0.785. The maximum Gasteiger partial charge on any atom is 0.272 e. The molecule has 0 spiro atoms. The Morgan fingerprint density at radius 3 is 2.23 bits per heavy atom. The van der Waals surface area contributed by atoms with Crippen LogP contribution in [-0.4, -0.2) is 28.0 Å². The minimum atomic E-state index is -0.463. The number of benzene rings is 5. The molecule has 47 heavy (non-hydrogen) atoms. The molecule has 0 saturated carbocycles. The summed E-state index contributed by atoms with van der Waals surface area (Å²) in [6.45, 7) is 4.97. The van der Waals surface area contributed by atoms with E-state index in [2.05, 4.69) is 45.6 Å². The normalized spacial score (nSPS) is 11.4. The Labute approximate surface area is 277 Å². The van der Waals surface area contributed by atoms with Crippen LogP contribution < -0.4 is 16.0 Å². The molecule has 5 aromatic carbocycles. The average molecular weight is 639 g/mol. The third-order valence-electron chi connectivity index (χ3n) is 7.75. The van der Waals surface area contributed by atoms with Crippen LogP contribution in [0.1, 0.15) is 28.4 Å².